The van der Waals surface area contributed by atoms with Crippen LogP contribution in [0.5, 0.6) is 0 Å². The minimum absolute atomic E-state index is 0.229. The Morgan fingerprint density at radius 1 is 1.33 bits per heavy atom. The lowest BCUT2D eigenvalue weighted by molar-refractivity contribution is 0.286. The van der Waals surface area contributed by atoms with E-state index in [1.807, 2.05) is 6.07 Å². The third kappa shape index (κ3) is 2.72. The van der Waals surface area contributed by atoms with Crippen LogP contribution in [0.3, 0.4) is 0 Å². The highest BCUT2D eigenvalue weighted by atomic mass is 16.2. The second-order valence-corrected chi connectivity index (χ2v) is 4.97. The van der Waals surface area contributed by atoms with Crippen molar-refractivity contribution in [1.82, 2.24) is 9.55 Å². The third-order valence-electron chi connectivity index (χ3n) is 3.48. The predicted octanol–water partition coefficient (Wildman–Crippen LogP) is 3.01. The van der Waals surface area contributed by atoms with E-state index in [1.165, 1.54) is 11.9 Å². The van der Waals surface area contributed by atoms with Gasteiger partial charge in [0.15, 0.2) is 0 Å². The largest absolute Gasteiger partial charge is 0.396 e. The first-order chi connectivity index (χ1) is 8.76. The molecule has 3 heteroatoms. The van der Waals surface area contributed by atoms with Crippen LogP contribution in [-0.4, -0.2) is 21.3 Å². The van der Waals surface area contributed by atoms with Gasteiger partial charge < -0.3 is 9.67 Å². The summed E-state index contributed by atoms with van der Waals surface area (Å²) in [4.78, 5) is 4.69. The number of aliphatic hydroxyl groups is 1. The lowest BCUT2D eigenvalue weighted by Crippen LogP contribution is -2.10. The molecular formula is C15H22N2O. The first-order valence-corrected chi connectivity index (χ1v) is 6.81. The number of aryl methyl sites for hydroxylation is 1. The molecule has 0 unspecified atom stereocenters. The molecule has 0 amide bonds. The van der Waals surface area contributed by atoms with Gasteiger partial charge in [-0.15, -0.1) is 0 Å². The van der Waals surface area contributed by atoms with Crippen molar-refractivity contribution >= 4 is 11.0 Å². The molecule has 18 heavy (non-hydrogen) atoms. The summed E-state index contributed by atoms with van der Waals surface area (Å²) in [5, 5.41) is 8.98. The summed E-state index contributed by atoms with van der Waals surface area (Å²) >= 11 is 0. The number of rotatable bonds is 6. The van der Waals surface area contributed by atoms with Gasteiger partial charge in [0.05, 0.1) is 11.0 Å². The molecule has 2 aromatic rings. The van der Waals surface area contributed by atoms with E-state index in [0.717, 1.165) is 30.7 Å². The Morgan fingerprint density at radius 3 is 2.83 bits per heavy atom. The zero-order chi connectivity index (χ0) is 13.0. The number of hydrogen-bond acceptors (Lipinski definition) is 2. The quantitative estimate of drug-likeness (QED) is 0.851. The average molecular weight is 246 g/mol. The number of nitrogens with zero attached hydrogens (tertiary/aromatic N) is 2. The maximum Gasteiger partial charge on any atom is 0.109 e. The normalized spacial score (nSPS) is 13.1. The highest BCUT2D eigenvalue weighted by molar-refractivity contribution is 5.75. The Kier molecular flexibility index (Phi) is 4.37. The molecule has 0 spiro atoms. The molecule has 0 aliphatic heterocycles. The first kappa shape index (κ1) is 13.1. The van der Waals surface area contributed by atoms with Crippen LogP contribution in [0.1, 0.15) is 32.5 Å². The number of benzene rings is 1. The number of hydrogen-bond donors (Lipinski definition) is 1. The summed E-state index contributed by atoms with van der Waals surface area (Å²) in [6.45, 7) is 5.73. The smallest absolute Gasteiger partial charge is 0.109 e. The van der Waals surface area contributed by atoms with Crippen molar-refractivity contribution < 1.29 is 5.11 Å². The van der Waals surface area contributed by atoms with Crippen molar-refractivity contribution in [1.29, 1.82) is 0 Å². The van der Waals surface area contributed by atoms with Crippen molar-refractivity contribution in [3.63, 3.8) is 0 Å². The Hall–Kier alpha value is -1.35. The lowest BCUT2D eigenvalue weighted by atomic mass is 10.1. The third-order valence-corrected chi connectivity index (χ3v) is 3.48. The van der Waals surface area contributed by atoms with Gasteiger partial charge in [0.1, 0.15) is 5.82 Å². The number of imidazole rings is 1. The molecule has 98 valence electrons. The summed E-state index contributed by atoms with van der Waals surface area (Å²) < 4.78 is 2.32. The van der Waals surface area contributed by atoms with E-state index in [4.69, 9.17) is 5.11 Å². The van der Waals surface area contributed by atoms with Crippen LogP contribution in [-0.2, 0) is 13.0 Å². The van der Waals surface area contributed by atoms with Crippen molar-refractivity contribution in [3.05, 3.63) is 30.1 Å². The van der Waals surface area contributed by atoms with Crippen LogP contribution < -0.4 is 0 Å². The molecule has 0 saturated carbocycles. The highest BCUT2D eigenvalue weighted by Gasteiger charge is 2.11. The highest BCUT2D eigenvalue weighted by Crippen LogP contribution is 2.19. The summed E-state index contributed by atoms with van der Waals surface area (Å²) in [6.07, 6.45) is 2.80. The Balaban J connectivity index is 2.37. The zero-order valence-electron chi connectivity index (χ0n) is 11.3. The monoisotopic (exact) mass is 246 g/mol. The van der Waals surface area contributed by atoms with E-state index < -0.39 is 0 Å². The van der Waals surface area contributed by atoms with Crippen LogP contribution >= 0.6 is 0 Å². The number of aromatic nitrogens is 2. The summed E-state index contributed by atoms with van der Waals surface area (Å²) in [7, 11) is 0. The molecular weight excluding hydrogens is 224 g/mol. The fourth-order valence-corrected chi connectivity index (χ4v) is 2.20. The molecule has 1 aromatic heterocycles. The standard InChI is InChI=1S/C15H22N2O/c1-3-12(2)11-17-14-8-5-4-7-13(14)16-15(17)9-6-10-18/h4-5,7-8,12,18H,3,6,9-11H2,1-2H3/t12-/m1/s1. The van der Waals surface area contributed by atoms with E-state index in [1.54, 1.807) is 0 Å². The molecule has 0 radical (unpaired) electrons. The summed E-state index contributed by atoms with van der Waals surface area (Å²) in [6, 6.07) is 8.28. The summed E-state index contributed by atoms with van der Waals surface area (Å²) in [5.41, 5.74) is 2.28. The average Bonchev–Trinajstić information content (AvgIpc) is 2.74. The molecule has 0 aliphatic carbocycles. The van der Waals surface area contributed by atoms with Crippen LogP contribution in [0, 0.1) is 5.92 Å². The van der Waals surface area contributed by atoms with E-state index >= 15 is 0 Å². The first-order valence-electron chi connectivity index (χ1n) is 6.81. The van der Waals surface area contributed by atoms with Crippen molar-refractivity contribution in [3.8, 4) is 0 Å². The van der Waals surface area contributed by atoms with Gasteiger partial charge in [-0.2, -0.15) is 0 Å². The van der Waals surface area contributed by atoms with Crippen LogP contribution in [0.25, 0.3) is 11.0 Å². The fourth-order valence-electron chi connectivity index (χ4n) is 2.20. The van der Waals surface area contributed by atoms with Gasteiger partial charge in [0, 0.05) is 19.6 Å². The van der Waals surface area contributed by atoms with Gasteiger partial charge in [0.2, 0.25) is 0 Å². The topological polar surface area (TPSA) is 38.0 Å². The van der Waals surface area contributed by atoms with Crippen LogP contribution in [0.4, 0.5) is 0 Å². The van der Waals surface area contributed by atoms with Crippen molar-refractivity contribution in [2.24, 2.45) is 5.92 Å². The molecule has 3 nitrogen and oxygen atoms in total. The van der Waals surface area contributed by atoms with E-state index in [2.05, 4.69) is 41.6 Å². The van der Waals surface area contributed by atoms with Gasteiger partial charge in [-0.3, -0.25) is 0 Å². The van der Waals surface area contributed by atoms with Crippen LogP contribution in [0.15, 0.2) is 24.3 Å². The second-order valence-electron chi connectivity index (χ2n) is 4.97. The Bertz CT molecular complexity index is 504. The van der Waals surface area contributed by atoms with E-state index in [9.17, 15) is 0 Å². The molecule has 0 bridgehead atoms. The summed E-state index contributed by atoms with van der Waals surface area (Å²) in [5.74, 6) is 1.75. The van der Waals surface area contributed by atoms with E-state index in [-0.39, 0.29) is 6.61 Å². The van der Waals surface area contributed by atoms with Gasteiger partial charge >= 0.3 is 0 Å². The molecule has 0 aliphatic rings. The predicted molar refractivity (Wildman–Crippen MR) is 74.6 cm³/mol. The Labute approximate surface area is 108 Å². The van der Waals surface area contributed by atoms with Gasteiger partial charge in [-0.25, -0.2) is 4.98 Å². The molecule has 1 N–H and O–H groups in total. The van der Waals surface area contributed by atoms with Crippen molar-refractivity contribution in [2.75, 3.05) is 6.61 Å². The maximum atomic E-state index is 8.98. The lowest BCUT2D eigenvalue weighted by Gasteiger charge is -2.13. The van der Waals surface area contributed by atoms with Gasteiger partial charge in [-0.05, 0) is 24.5 Å². The zero-order valence-corrected chi connectivity index (χ0v) is 11.3. The molecule has 0 fully saturated rings. The second kappa shape index (κ2) is 6.01. The van der Waals surface area contributed by atoms with Gasteiger partial charge in [-0.1, -0.05) is 32.4 Å². The molecule has 1 atom stereocenters. The fraction of sp³-hybridized carbons (Fsp3) is 0.533. The molecule has 1 aromatic carbocycles. The minimum atomic E-state index is 0.229. The molecule has 0 saturated heterocycles. The minimum Gasteiger partial charge on any atom is -0.396 e. The van der Waals surface area contributed by atoms with Gasteiger partial charge in [0.25, 0.3) is 0 Å². The Morgan fingerprint density at radius 2 is 2.11 bits per heavy atom. The maximum absolute atomic E-state index is 8.98. The molecule has 1 heterocycles. The number of aliphatic hydroxyl groups excluding tert-OH is 1. The van der Waals surface area contributed by atoms with E-state index in [0.29, 0.717) is 5.92 Å². The number of fused-ring (bicyclic) bond motifs is 1. The molecule has 2 rings (SSSR count). The van der Waals surface area contributed by atoms with Crippen LogP contribution in [0.2, 0.25) is 0 Å². The van der Waals surface area contributed by atoms with Crippen molar-refractivity contribution in [2.45, 2.75) is 39.7 Å². The SMILES string of the molecule is CC[C@@H](C)Cn1c(CCCO)nc2ccccc21. The number of para-hydroxylation sites is 2.